The number of benzene rings is 1. The van der Waals surface area contributed by atoms with Gasteiger partial charge >= 0.3 is 5.97 Å². The second-order valence-electron chi connectivity index (χ2n) is 6.88. The Morgan fingerprint density at radius 3 is 2.55 bits per heavy atom. The largest absolute Gasteiger partial charge is 0.464 e. The van der Waals surface area contributed by atoms with Crippen LogP contribution in [0.15, 0.2) is 41.3 Å². The first-order valence-electron chi connectivity index (χ1n) is 9.47. The average molecular weight is 413 g/mol. The quantitative estimate of drug-likeness (QED) is 0.527. The molecule has 152 valence electrons. The third-order valence-electron chi connectivity index (χ3n) is 4.92. The number of ether oxygens (including phenoxy) is 1. The number of amides is 2. The lowest BCUT2D eigenvalue weighted by molar-refractivity contribution is -0.150. The summed E-state index contributed by atoms with van der Waals surface area (Å²) in [5.41, 5.74) is 4.14. The molecule has 0 saturated carbocycles. The van der Waals surface area contributed by atoms with E-state index >= 15 is 0 Å². The Hall–Kier alpha value is -2.80. The molecule has 2 amide bonds. The molecule has 1 atom stereocenters. The molecule has 1 aromatic heterocycles. The fraction of sp³-hybridized carbons (Fsp3) is 0.318. The highest BCUT2D eigenvalue weighted by Crippen LogP contribution is 2.34. The fourth-order valence-electron chi connectivity index (χ4n) is 3.31. The standard InChI is InChI=1S/C22H24N2O4S/c1-5-28-21(26)16(4)24-20(25)19(29-22(24)27)12-18-11-14(2)23(15(18)3)13-17-9-7-6-8-10-17/h6-12,16H,5,13H2,1-4H3/b19-12+/t16-/m0/s1. The van der Waals surface area contributed by atoms with Crippen LogP contribution in [0.4, 0.5) is 4.79 Å². The molecule has 0 aliphatic carbocycles. The maximum absolute atomic E-state index is 12.8. The van der Waals surface area contributed by atoms with Crippen LogP contribution < -0.4 is 0 Å². The molecule has 0 unspecified atom stereocenters. The smallest absolute Gasteiger partial charge is 0.329 e. The molecule has 6 nitrogen and oxygen atoms in total. The predicted molar refractivity (Wildman–Crippen MR) is 113 cm³/mol. The van der Waals surface area contributed by atoms with E-state index in [9.17, 15) is 14.4 Å². The number of carbonyl (C=O) groups excluding carboxylic acids is 3. The summed E-state index contributed by atoms with van der Waals surface area (Å²) < 4.78 is 7.12. The molecule has 2 aromatic rings. The van der Waals surface area contributed by atoms with Crippen LogP contribution in [0.25, 0.3) is 6.08 Å². The molecule has 1 saturated heterocycles. The zero-order chi connectivity index (χ0) is 21.1. The van der Waals surface area contributed by atoms with E-state index in [2.05, 4.69) is 16.7 Å². The first kappa shape index (κ1) is 20.9. The Morgan fingerprint density at radius 2 is 1.90 bits per heavy atom. The van der Waals surface area contributed by atoms with E-state index in [0.717, 1.165) is 40.2 Å². The highest BCUT2D eigenvalue weighted by Gasteiger charge is 2.41. The molecular weight excluding hydrogens is 388 g/mol. The number of aromatic nitrogens is 1. The van der Waals surface area contributed by atoms with E-state index in [4.69, 9.17) is 4.74 Å². The molecule has 1 fully saturated rings. The Balaban J connectivity index is 1.85. The van der Waals surface area contributed by atoms with Crippen molar-refractivity contribution in [1.82, 2.24) is 9.47 Å². The lowest BCUT2D eigenvalue weighted by Gasteiger charge is -2.19. The number of hydrogen-bond donors (Lipinski definition) is 0. The summed E-state index contributed by atoms with van der Waals surface area (Å²) in [6.07, 6.45) is 1.73. The number of carbonyl (C=O) groups is 3. The van der Waals surface area contributed by atoms with Gasteiger partial charge in [0.1, 0.15) is 6.04 Å². The minimum absolute atomic E-state index is 0.197. The van der Waals surface area contributed by atoms with Crippen LogP contribution >= 0.6 is 11.8 Å². The number of esters is 1. The van der Waals surface area contributed by atoms with Gasteiger partial charge in [-0.1, -0.05) is 30.3 Å². The van der Waals surface area contributed by atoms with Crippen LogP contribution in [0, 0.1) is 13.8 Å². The summed E-state index contributed by atoms with van der Waals surface area (Å²) in [6, 6.07) is 11.2. The van der Waals surface area contributed by atoms with Crippen molar-refractivity contribution in [3.63, 3.8) is 0 Å². The summed E-state index contributed by atoms with van der Waals surface area (Å²) >= 11 is 0.850. The van der Waals surface area contributed by atoms with Gasteiger partial charge in [0.2, 0.25) is 0 Å². The van der Waals surface area contributed by atoms with Crippen molar-refractivity contribution in [2.24, 2.45) is 0 Å². The van der Waals surface area contributed by atoms with Crippen LogP contribution in [0.2, 0.25) is 0 Å². The van der Waals surface area contributed by atoms with E-state index in [1.165, 1.54) is 12.5 Å². The van der Waals surface area contributed by atoms with Gasteiger partial charge in [0.05, 0.1) is 11.5 Å². The summed E-state index contributed by atoms with van der Waals surface area (Å²) in [5, 5.41) is -0.458. The number of aryl methyl sites for hydroxylation is 1. The summed E-state index contributed by atoms with van der Waals surface area (Å²) in [7, 11) is 0. The zero-order valence-corrected chi connectivity index (χ0v) is 17.8. The Bertz CT molecular complexity index is 978. The monoisotopic (exact) mass is 412 g/mol. The minimum Gasteiger partial charge on any atom is -0.464 e. The first-order valence-corrected chi connectivity index (χ1v) is 10.3. The van der Waals surface area contributed by atoms with Crippen molar-refractivity contribution in [3.05, 3.63) is 63.8 Å². The SMILES string of the molecule is CCOC(=O)[C@H](C)N1C(=O)S/C(=C/c2cc(C)n(Cc3ccccc3)c2C)C1=O. The maximum atomic E-state index is 12.8. The Morgan fingerprint density at radius 1 is 1.21 bits per heavy atom. The average Bonchev–Trinajstić information content (AvgIpc) is 3.12. The number of imide groups is 1. The molecule has 3 rings (SSSR count). The molecule has 29 heavy (non-hydrogen) atoms. The van der Waals surface area contributed by atoms with Crippen molar-refractivity contribution in [2.45, 2.75) is 40.3 Å². The summed E-state index contributed by atoms with van der Waals surface area (Å²) in [6.45, 7) is 8.12. The van der Waals surface area contributed by atoms with Crippen LogP contribution in [-0.2, 0) is 20.9 Å². The molecule has 7 heteroatoms. The topological polar surface area (TPSA) is 68.6 Å². The second kappa shape index (κ2) is 8.69. The van der Waals surface area contributed by atoms with Gasteiger partial charge in [-0.2, -0.15) is 0 Å². The van der Waals surface area contributed by atoms with Crippen molar-refractivity contribution < 1.29 is 19.1 Å². The molecule has 0 bridgehead atoms. The van der Waals surface area contributed by atoms with Gasteiger partial charge in [-0.05, 0) is 62.7 Å². The van der Waals surface area contributed by atoms with Crippen molar-refractivity contribution in [3.8, 4) is 0 Å². The molecule has 1 aliphatic heterocycles. The van der Waals surface area contributed by atoms with Crippen LogP contribution in [0.5, 0.6) is 0 Å². The van der Waals surface area contributed by atoms with Gasteiger partial charge in [0, 0.05) is 17.9 Å². The lowest BCUT2D eigenvalue weighted by Crippen LogP contribution is -2.42. The van der Waals surface area contributed by atoms with Gasteiger partial charge < -0.3 is 9.30 Å². The molecular formula is C22H24N2O4S. The second-order valence-corrected chi connectivity index (χ2v) is 7.87. The summed E-state index contributed by atoms with van der Waals surface area (Å²) in [5.74, 6) is -1.05. The molecule has 0 radical (unpaired) electrons. The van der Waals surface area contributed by atoms with Crippen LogP contribution in [0.1, 0.15) is 36.4 Å². The van der Waals surface area contributed by atoms with Crippen molar-refractivity contribution >= 4 is 35.0 Å². The highest BCUT2D eigenvalue weighted by molar-refractivity contribution is 8.18. The third-order valence-corrected chi connectivity index (χ3v) is 5.81. The van der Waals surface area contributed by atoms with E-state index in [1.54, 1.807) is 13.0 Å². The summed E-state index contributed by atoms with van der Waals surface area (Å²) in [4.78, 5) is 38.4. The van der Waals surface area contributed by atoms with Crippen molar-refractivity contribution in [2.75, 3.05) is 6.61 Å². The zero-order valence-electron chi connectivity index (χ0n) is 17.0. The number of hydrogen-bond acceptors (Lipinski definition) is 5. The predicted octanol–water partition coefficient (Wildman–Crippen LogP) is 4.14. The van der Waals surface area contributed by atoms with Crippen molar-refractivity contribution in [1.29, 1.82) is 0 Å². The van der Waals surface area contributed by atoms with E-state index in [0.29, 0.717) is 4.91 Å². The van der Waals surface area contributed by atoms with Crippen LogP contribution in [-0.4, -0.2) is 39.2 Å². The molecule has 0 N–H and O–H groups in total. The fourth-order valence-corrected chi connectivity index (χ4v) is 4.21. The first-order chi connectivity index (χ1) is 13.8. The molecule has 2 heterocycles. The third kappa shape index (κ3) is 4.29. The Labute approximate surface area is 174 Å². The normalized spacial score (nSPS) is 16.6. The van der Waals surface area contributed by atoms with Crippen LogP contribution in [0.3, 0.4) is 0 Å². The maximum Gasteiger partial charge on any atom is 0.329 e. The van der Waals surface area contributed by atoms with Gasteiger partial charge in [-0.25, -0.2) is 4.79 Å². The van der Waals surface area contributed by atoms with E-state index < -0.39 is 23.2 Å². The van der Waals surface area contributed by atoms with E-state index in [-0.39, 0.29) is 6.61 Å². The number of nitrogens with zero attached hydrogens (tertiary/aromatic N) is 2. The molecule has 0 spiro atoms. The number of thioether (sulfide) groups is 1. The van der Waals surface area contributed by atoms with Gasteiger partial charge in [-0.15, -0.1) is 0 Å². The van der Waals surface area contributed by atoms with Gasteiger partial charge in [0.15, 0.2) is 0 Å². The minimum atomic E-state index is -0.945. The number of rotatable bonds is 6. The highest BCUT2D eigenvalue weighted by atomic mass is 32.2. The van der Waals surface area contributed by atoms with E-state index in [1.807, 2.05) is 38.1 Å². The molecule has 1 aliphatic rings. The molecule has 1 aromatic carbocycles. The lowest BCUT2D eigenvalue weighted by atomic mass is 10.2. The van der Waals surface area contributed by atoms with Gasteiger partial charge in [0.25, 0.3) is 11.1 Å². The Kier molecular flexibility index (Phi) is 6.27. The van der Waals surface area contributed by atoms with Gasteiger partial charge in [-0.3, -0.25) is 14.5 Å².